The van der Waals surface area contributed by atoms with Crippen molar-refractivity contribution in [2.45, 2.75) is 31.7 Å². The van der Waals surface area contributed by atoms with E-state index in [1.54, 1.807) is 31.2 Å². The van der Waals surface area contributed by atoms with Crippen molar-refractivity contribution in [1.82, 2.24) is 15.0 Å². The largest absolute Gasteiger partial charge is 0.497 e. The molecule has 1 aromatic carbocycles. The van der Waals surface area contributed by atoms with E-state index in [9.17, 15) is 13.6 Å². The molecule has 0 unspecified atom stereocenters. The Hall–Kier alpha value is -2.51. The molecule has 0 bridgehead atoms. The number of carbonyl (C=O) groups is 1. The predicted octanol–water partition coefficient (Wildman–Crippen LogP) is 2.54. The van der Waals surface area contributed by atoms with Crippen molar-refractivity contribution < 1.29 is 22.8 Å². The van der Waals surface area contributed by atoms with E-state index >= 15 is 0 Å². The van der Waals surface area contributed by atoms with Crippen molar-refractivity contribution in [2.75, 3.05) is 13.7 Å². The summed E-state index contributed by atoms with van der Waals surface area (Å²) in [6.07, 6.45) is -0.518. The normalized spacial score (nSPS) is 19.5. The van der Waals surface area contributed by atoms with Gasteiger partial charge in [0.1, 0.15) is 11.8 Å². The number of aryl methyl sites for hydroxylation is 1. The van der Waals surface area contributed by atoms with E-state index in [4.69, 9.17) is 9.26 Å². The zero-order chi connectivity index (χ0) is 17.3. The Bertz CT molecular complexity index is 748. The molecule has 1 aromatic heterocycles. The SMILES string of the molecule is COc1cccc(CC(=O)N2CC(F)(F)C[C@H]2c2nc(C)no2)c1. The van der Waals surface area contributed by atoms with Crippen molar-refractivity contribution in [1.29, 1.82) is 0 Å². The lowest BCUT2D eigenvalue weighted by atomic mass is 10.1. The van der Waals surface area contributed by atoms with Crippen LogP contribution in [-0.2, 0) is 11.2 Å². The fourth-order valence-corrected chi connectivity index (χ4v) is 2.81. The lowest BCUT2D eigenvalue weighted by Crippen LogP contribution is -2.34. The van der Waals surface area contributed by atoms with E-state index in [1.165, 1.54) is 7.11 Å². The van der Waals surface area contributed by atoms with E-state index < -0.39 is 30.8 Å². The smallest absolute Gasteiger partial charge is 0.267 e. The molecule has 3 rings (SSSR count). The number of aromatic nitrogens is 2. The molecule has 128 valence electrons. The number of hydrogen-bond acceptors (Lipinski definition) is 5. The molecule has 1 aliphatic heterocycles. The van der Waals surface area contributed by atoms with Crippen LogP contribution in [0.1, 0.15) is 29.7 Å². The first-order valence-electron chi connectivity index (χ1n) is 7.48. The van der Waals surface area contributed by atoms with Gasteiger partial charge in [-0.1, -0.05) is 17.3 Å². The summed E-state index contributed by atoms with van der Waals surface area (Å²) in [7, 11) is 1.52. The fourth-order valence-electron chi connectivity index (χ4n) is 2.81. The molecule has 1 atom stereocenters. The van der Waals surface area contributed by atoms with Crippen LogP contribution in [0.4, 0.5) is 8.78 Å². The molecule has 0 aliphatic carbocycles. The maximum absolute atomic E-state index is 13.9. The van der Waals surface area contributed by atoms with Gasteiger partial charge < -0.3 is 14.2 Å². The van der Waals surface area contributed by atoms with Crippen LogP contribution in [0.15, 0.2) is 28.8 Å². The van der Waals surface area contributed by atoms with Gasteiger partial charge in [-0.05, 0) is 24.6 Å². The van der Waals surface area contributed by atoms with Gasteiger partial charge in [-0.25, -0.2) is 8.78 Å². The summed E-state index contributed by atoms with van der Waals surface area (Å²) >= 11 is 0. The van der Waals surface area contributed by atoms with Gasteiger partial charge in [0.05, 0.1) is 20.1 Å². The maximum Gasteiger partial charge on any atom is 0.267 e. The van der Waals surface area contributed by atoms with Crippen molar-refractivity contribution >= 4 is 5.91 Å². The molecule has 1 saturated heterocycles. The van der Waals surface area contributed by atoms with Gasteiger partial charge in [-0.2, -0.15) is 4.98 Å². The minimum Gasteiger partial charge on any atom is -0.497 e. The Morgan fingerprint density at radius 1 is 1.50 bits per heavy atom. The first-order chi connectivity index (χ1) is 11.4. The monoisotopic (exact) mass is 337 g/mol. The molecule has 24 heavy (non-hydrogen) atoms. The van der Waals surface area contributed by atoms with Gasteiger partial charge in [0.2, 0.25) is 11.8 Å². The van der Waals surface area contributed by atoms with Crippen molar-refractivity contribution in [3.8, 4) is 5.75 Å². The average Bonchev–Trinajstić information content (AvgIpc) is 3.10. The van der Waals surface area contributed by atoms with Crippen LogP contribution >= 0.6 is 0 Å². The number of likely N-dealkylation sites (tertiary alicyclic amines) is 1. The van der Waals surface area contributed by atoms with Crippen LogP contribution in [0.2, 0.25) is 0 Å². The Labute approximate surface area is 137 Å². The number of halogens is 2. The number of ether oxygens (including phenoxy) is 1. The second kappa shape index (κ2) is 6.18. The molecular formula is C16H17F2N3O3. The number of alkyl halides is 2. The number of nitrogens with zero attached hydrogens (tertiary/aromatic N) is 3. The molecule has 0 spiro atoms. The zero-order valence-electron chi connectivity index (χ0n) is 13.3. The van der Waals surface area contributed by atoms with Gasteiger partial charge >= 0.3 is 0 Å². The predicted molar refractivity (Wildman–Crippen MR) is 79.8 cm³/mol. The molecule has 2 heterocycles. The molecule has 0 radical (unpaired) electrons. The zero-order valence-corrected chi connectivity index (χ0v) is 13.3. The Morgan fingerprint density at radius 3 is 2.96 bits per heavy atom. The third-order valence-electron chi connectivity index (χ3n) is 3.91. The highest BCUT2D eigenvalue weighted by Gasteiger charge is 2.49. The first kappa shape index (κ1) is 16.4. The molecule has 6 nitrogen and oxygen atoms in total. The summed E-state index contributed by atoms with van der Waals surface area (Å²) in [5.74, 6) is -2.39. The highest BCUT2D eigenvalue weighted by molar-refractivity contribution is 5.79. The second-order valence-electron chi connectivity index (χ2n) is 5.81. The van der Waals surface area contributed by atoms with E-state index in [0.29, 0.717) is 17.1 Å². The molecule has 0 saturated carbocycles. The van der Waals surface area contributed by atoms with Gasteiger partial charge in [-0.15, -0.1) is 0 Å². The van der Waals surface area contributed by atoms with Crippen LogP contribution in [0.25, 0.3) is 0 Å². The summed E-state index contributed by atoms with van der Waals surface area (Å²) in [6, 6.07) is 6.05. The highest BCUT2D eigenvalue weighted by atomic mass is 19.3. The van der Waals surface area contributed by atoms with Crippen molar-refractivity contribution in [2.24, 2.45) is 0 Å². The minimum atomic E-state index is -2.98. The van der Waals surface area contributed by atoms with Crippen molar-refractivity contribution in [3.05, 3.63) is 41.5 Å². The van der Waals surface area contributed by atoms with Crippen molar-refractivity contribution in [3.63, 3.8) is 0 Å². The van der Waals surface area contributed by atoms with Gasteiger partial charge in [0.15, 0.2) is 5.82 Å². The molecule has 2 aromatic rings. The van der Waals surface area contributed by atoms with E-state index in [0.717, 1.165) is 4.90 Å². The molecule has 1 amide bonds. The van der Waals surface area contributed by atoms with Crippen LogP contribution in [-0.4, -0.2) is 40.5 Å². The standard InChI is InChI=1S/C16H17F2N3O3/c1-10-19-15(24-20-10)13-8-16(17,18)9-21(13)14(22)7-11-4-3-5-12(6-11)23-2/h3-6,13H,7-9H2,1-2H3/t13-/m0/s1. The van der Waals surface area contributed by atoms with E-state index in [-0.39, 0.29) is 12.3 Å². The first-order valence-corrected chi connectivity index (χ1v) is 7.48. The Kier molecular flexibility index (Phi) is 4.21. The number of benzene rings is 1. The highest BCUT2D eigenvalue weighted by Crippen LogP contribution is 2.40. The number of carbonyl (C=O) groups excluding carboxylic acids is 1. The number of rotatable bonds is 4. The number of hydrogen-bond donors (Lipinski definition) is 0. The number of methoxy groups -OCH3 is 1. The van der Waals surface area contributed by atoms with Crippen LogP contribution in [0.5, 0.6) is 5.75 Å². The number of amides is 1. The summed E-state index contributed by atoms with van der Waals surface area (Å²) in [5, 5.41) is 3.62. The van der Waals surface area contributed by atoms with Gasteiger partial charge in [0, 0.05) is 6.42 Å². The minimum absolute atomic E-state index is 0.00308. The van der Waals surface area contributed by atoms with Gasteiger partial charge in [-0.3, -0.25) is 4.79 Å². The molecule has 8 heteroatoms. The maximum atomic E-state index is 13.9. The van der Waals surface area contributed by atoms with E-state index in [2.05, 4.69) is 10.1 Å². The summed E-state index contributed by atoms with van der Waals surface area (Å²) < 4.78 is 37.8. The molecule has 0 N–H and O–H groups in total. The van der Waals surface area contributed by atoms with E-state index in [1.807, 2.05) is 0 Å². The lowest BCUT2D eigenvalue weighted by Gasteiger charge is -2.21. The molecular weight excluding hydrogens is 320 g/mol. The fraction of sp³-hybridized carbons (Fsp3) is 0.438. The second-order valence-corrected chi connectivity index (χ2v) is 5.81. The van der Waals surface area contributed by atoms with Crippen LogP contribution in [0, 0.1) is 6.92 Å². The Balaban J connectivity index is 1.80. The quantitative estimate of drug-likeness (QED) is 0.857. The molecule has 1 aliphatic rings. The van der Waals surface area contributed by atoms with Crippen LogP contribution < -0.4 is 4.74 Å². The van der Waals surface area contributed by atoms with Gasteiger partial charge in [0.25, 0.3) is 5.92 Å². The summed E-state index contributed by atoms with van der Waals surface area (Å²) in [4.78, 5) is 17.7. The lowest BCUT2D eigenvalue weighted by molar-refractivity contribution is -0.133. The Morgan fingerprint density at radius 2 is 2.29 bits per heavy atom. The topological polar surface area (TPSA) is 68.5 Å². The molecule has 1 fully saturated rings. The third-order valence-corrected chi connectivity index (χ3v) is 3.91. The average molecular weight is 337 g/mol. The summed E-state index contributed by atoms with van der Waals surface area (Å²) in [5.41, 5.74) is 0.690. The summed E-state index contributed by atoms with van der Waals surface area (Å²) in [6.45, 7) is 0.949. The third kappa shape index (κ3) is 3.37. The van der Waals surface area contributed by atoms with Crippen LogP contribution in [0.3, 0.4) is 0 Å².